The van der Waals surface area contributed by atoms with Crippen molar-refractivity contribution in [3.8, 4) is 5.75 Å². The number of carbonyl (C=O) groups is 1. The highest BCUT2D eigenvalue weighted by Crippen LogP contribution is 2.33. The van der Waals surface area contributed by atoms with Crippen LogP contribution in [0.4, 0.5) is 0 Å². The minimum atomic E-state index is -0.573. The molecule has 140 valence electrons. The summed E-state index contributed by atoms with van der Waals surface area (Å²) in [6, 6.07) is 14.0. The molecule has 1 heterocycles. The predicted octanol–water partition coefficient (Wildman–Crippen LogP) is 4.18. The van der Waals surface area contributed by atoms with Gasteiger partial charge < -0.3 is 14.8 Å². The maximum atomic E-state index is 12.5. The summed E-state index contributed by atoms with van der Waals surface area (Å²) >= 11 is 0. The maximum absolute atomic E-state index is 12.5. The van der Waals surface area contributed by atoms with E-state index in [4.69, 9.17) is 4.42 Å². The minimum Gasteiger partial charge on any atom is -0.507 e. The van der Waals surface area contributed by atoms with Gasteiger partial charge in [0, 0.05) is 18.0 Å². The molecular formula is C22H23NO4. The third kappa shape index (κ3) is 3.87. The molecule has 1 aromatic heterocycles. The minimum absolute atomic E-state index is 0.0767. The smallest absolute Gasteiger partial charge is 0.343 e. The topological polar surface area (TPSA) is 79.5 Å². The molecule has 0 saturated carbocycles. The van der Waals surface area contributed by atoms with Crippen LogP contribution in [0, 0.1) is 0 Å². The monoisotopic (exact) mass is 365 g/mol. The van der Waals surface area contributed by atoms with Crippen molar-refractivity contribution in [2.75, 3.05) is 6.54 Å². The van der Waals surface area contributed by atoms with Gasteiger partial charge >= 0.3 is 5.63 Å². The van der Waals surface area contributed by atoms with E-state index in [1.54, 1.807) is 42.5 Å². The van der Waals surface area contributed by atoms with E-state index in [0.29, 0.717) is 23.1 Å². The molecule has 1 unspecified atom stereocenters. The summed E-state index contributed by atoms with van der Waals surface area (Å²) in [5, 5.41) is 14.0. The largest absolute Gasteiger partial charge is 0.507 e. The zero-order valence-electron chi connectivity index (χ0n) is 15.5. The van der Waals surface area contributed by atoms with E-state index >= 15 is 0 Å². The van der Waals surface area contributed by atoms with E-state index in [1.807, 2.05) is 13.0 Å². The second kappa shape index (κ2) is 8.08. The Morgan fingerprint density at radius 3 is 2.74 bits per heavy atom. The Morgan fingerprint density at radius 1 is 1.19 bits per heavy atom. The first-order valence-electron chi connectivity index (χ1n) is 9.15. The average molecular weight is 365 g/mol. The van der Waals surface area contributed by atoms with Gasteiger partial charge in [0.1, 0.15) is 11.3 Å². The Hall–Kier alpha value is -3.08. The van der Waals surface area contributed by atoms with Crippen molar-refractivity contribution < 1.29 is 14.3 Å². The van der Waals surface area contributed by atoms with Gasteiger partial charge in [0.05, 0.1) is 10.9 Å². The van der Waals surface area contributed by atoms with Crippen molar-refractivity contribution in [2.24, 2.45) is 0 Å². The van der Waals surface area contributed by atoms with Crippen LogP contribution in [-0.2, 0) is 0 Å². The number of hydrogen-bond acceptors (Lipinski definition) is 4. The molecule has 2 aromatic carbocycles. The number of para-hydroxylation sites is 1. The summed E-state index contributed by atoms with van der Waals surface area (Å²) in [5.74, 6) is -0.645. The van der Waals surface area contributed by atoms with E-state index in [1.165, 1.54) is 0 Å². The standard InChI is InChI=1S/C22H23NO4/c1-3-4-12-23-21(25)16-9-7-8-15(13-16)14(2)19-20(24)17-10-5-6-11-18(17)27-22(19)26/h5-11,13-14,24H,3-4,12H2,1-2H3,(H,23,25). The zero-order valence-corrected chi connectivity index (χ0v) is 15.5. The maximum Gasteiger partial charge on any atom is 0.343 e. The van der Waals surface area contributed by atoms with E-state index in [2.05, 4.69) is 12.2 Å². The Kier molecular flexibility index (Phi) is 5.60. The van der Waals surface area contributed by atoms with Gasteiger partial charge in [0.2, 0.25) is 0 Å². The molecule has 0 aliphatic heterocycles. The van der Waals surface area contributed by atoms with Crippen LogP contribution in [0.5, 0.6) is 5.75 Å². The lowest BCUT2D eigenvalue weighted by Gasteiger charge is -2.15. The van der Waals surface area contributed by atoms with Crippen molar-refractivity contribution in [3.05, 3.63) is 75.6 Å². The quantitative estimate of drug-likeness (QED) is 0.507. The van der Waals surface area contributed by atoms with E-state index in [9.17, 15) is 14.7 Å². The number of rotatable bonds is 6. The number of unbranched alkanes of at least 4 members (excludes halogenated alkanes) is 1. The number of amides is 1. The van der Waals surface area contributed by atoms with Crippen LogP contribution in [-0.4, -0.2) is 17.6 Å². The number of nitrogens with one attached hydrogen (secondary N) is 1. The van der Waals surface area contributed by atoms with Gasteiger partial charge in [-0.2, -0.15) is 0 Å². The number of carbonyl (C=O) groups excluding carboxylic acids is 1. The first-order chi connectivity index (χ1) is 13.0. The van der Waals surface area contributed by atoms with Gasteiger partial charge in [-0.3, -0.25) is 4.79 Å². The van der Waals surface area contributed by atoms with E-state index in [0.717, 1.165) is 18.4 Å². The second-order valence-electron chi connectivity index (χ2n) is 6.60. The molecule has 5 heteroatoms. The number of fused-ring (bicyclic) bond motifs is 1. The highest BCUT2D eigenvalue weighted by atomic mass is 16.4. The van der Waals surface area contributed by atoms with Crippen molar-refractivity contribution in [1.29, 1.82) is 0 Å². The fourth-order valence-corrected chi connectivity index (χ4v) is 3.13. The van der Waals surface area contributed by atoms with Crippen molar-refractivity contribution in [2.45, 2.75) is 32.6 Å². The van der Waals surface area contributed by atoms with Gasteiger partial charge in [-0.15, -0.1) is 0 Å². The first kappa shape index (κ1) is 18.7. The number of aromatic hydroxyl groups is 1. The highest BCUT2D eigenvalue weighted by molar-refractivity contribution is 5.94. The van der Waals surface area contributed by atoms with Crippen molar-refractivity contribution >= 4 is 16.9 Å². The average Bonchev–Trinajstić information content (AvgIpc) is 2.68. The molecule has 27 heavy (non-hydrogen) atoms. The van der Waals surface area contributed by atoms with Crippen LogP contribution in [0.2, 0.25) is 0 Å². The molecule has 0 saturated heterocycles. The predicted molar refractivity (Wildman–Crippen MR) is 105 cm³/mol. The van der Waals surface area contributed by atoms with Gasteiger partial charge in [-0.25, -0.2) is 4.79 Å². The van der Waals surface area contributed by atoms with Crippen molar-refractivity contribution in [1.82, 2.24) is 5.32 Å². The molecular weight excluding hydrogens is 342 g/mol. The molecule has 3 aromatic rings. The Morgan fingerprint density at radius 2 is 1.96 bits per heavy atom. The Labute approximate surface area is 157 Å². The number of benzene rings is 2. The number of hydrogen-bond donors (Lipinski definition) is 2. The van der Waals surface area contributed by atoms with Gasteiger partial charge in [-0.1, -0.05) is 44.5 Å². The van der Waals surface area contributed by atoms with Crippen molar-refractivity contribution in [3.63, 3.8) is 0 Å². The zero-order chi connectivity index (χ0) is 19.4. The van der Waals surface area contributed by atoms with Crippen LogP contribution >= 0.6 is 0 Å². The normalized spacial score (nSPS) is 12.1. The molecule has 1 amide bonds. The molecule has 0 radical (unpaired) electrons. The molecule has 0 aliphatic carbocycles. The third-order valence-electron chi connectivity index (χ3n) is 4.72. The molecule has 2 N–H and O–H groups in total. The second-order valence-corrected chi connectivity index (χ2v) is 6.60. The SMILES string of the molecule is CCCCNC(=O)c1cccc(C(C)c2c(O)c3ccccc3oc2=O)c1. The van der Waals surface area contributed by atoms with Crippen LogP contribution < -0.4 is 10.9 Å². The summed E-state index contributed by atoms with van der Waals surface area (Å²) in [6.07, 6.45) is 1.93. The van der Waals surface area contributed by atoms with Gasteiger partial charge in [0.25, 0.3) is 5.91 Å². The fourth-order valence-electron chi connectivity index (χ4n) is 3.13. The fraction of sp³-hybridized carbons (Fsp3) is 0.273. The Balaban J connectivity index is 1.96. The summed E-state index contributed by atoms with van der Waals surface area (Å²) in [4.78, 5) is 24.8. The van der Waals surface area contributed by atoms with Gasteiger partial charge in [0.15, 0.2) is 0 Å². The van der Waals surface area contributed by atoms with E-state index in [-0.39, 0.29) is 17.2 Å². The van der Waals surface area contributed by atoms with Crippen LogP contribution in [0.1, 0.15) is 54.1 Å². The lowest BCUT2D eigenvalue weighted by atomic mass is 9.91. The molecule has 3 rings (SSSR count). The lowest BCUT2D eigenvalue weighted by Crippen LogP contribution is -2.24. The molecule has 0 fully saturated rings. The summed E-state index contributed by atoms with van der Waals surface area (Å²) in [5.41, 5.74) is 1.25. The highest BCUT2D eigenvalue weighted by Gasteiger charge is 2.21. The van der Waals surface area contributed by atoms with Crippen LogP contribution in [0.15, 0.2) is 57.7 Å². The Bertz CT molecular complexity index is 1020. The molecule has 0 spiro atoms. The third-order valence-corrected chi connectivity index (χ3v) is 4.72. The van der Waals surface area contributed by atoms with Gasteiger partial charge in [-0.05, 0) is 36.2 Å². The first-order valence-corrected chi connectivity index (χ1v) is 9.15. The summed E-state index contributed by atoms with van der Waals surface area (Å²) < 4.78 is 5.36. The molecule has 5 nitrogen and oxygen atoms in total. The van der Waals surface area contributed by atoms with Crippen LogP contribution in [0.3, 0.4) is 0 Å². The van der Waals surface area contributed by atoms with Crippen LogP contribution in [0.25, 0.3) is 11.0 Å². The molecule has 0 aliphatic rings. The summed E-state index contributed by atoms with van der Waals surface area (Å²) in [6.45, 7) is 4.51. The molecule has 1 atom stereocenters. The summed E-state index contributed by atoms with van der Waals surface area (Å²) in [7, 11) is 0. The van der Waals surface area contributed by atoms with E-state index < -0.39 is 11.5 Å². The lowest BCUT2D eigenvalue weighted by molar-refractivity contribution is 0.0953. The molecule has 0 bridgehead atoms.